The lowest BCUT2D eigenvalue weighted by Crippen LogP contribution is -2.35. The van der Waals surface area contributed by atoms with E-state index < -0.39 is 9.84 Å². The van der Waals surface area contributed by atoms with Gasteiger partial charge in [-0.05, 0) is 26.0 Å². The van der Waals surface area contributed by atoms with E-state index in [1.165, 1.54) is 0 Å². The lowest BCUT2D eigenvalue weighted by molar-refractivity contribution is -0.117. The van der Waals surface area contributed by atoms with Crippen LogP contribution in [0.5, 0.6) is 0 Å². The molecule has 1 amide bonds. The fourth-order valence-electron chi connectivity index (χ4n) is 1.66. The molecule has 0 aromatic rings. The summed E-state index contributed by atoms with van der Waals surface area (Å²) >= 11 is 0. The second-order valence-electron chi connectivity index (χ2n) is 5.17. The van der Waals surface area contributed by atoms with E-state index in [-0.39, 0.29) is 16.9 Å². The number of sulfone groups is 1. The Bertz CT molecular complexity index is 585. The molecule has 0 heterocycles. The first-order valence-corrected chi connectivity index (χ1v) is 9.07. The highest BCUT2D eigenvalue weighted by Gasteiger charge is 2.14. The van der Waals surface area contributed by atoms with Gasteiger partial charge >= 0.3 is 0 Å². The van der Waals surface area contributed by atoms with Crippen molar-refractivity contribution >= 4 is 15.7 Å². The van der Waals surface area contributed by atoms with Gasteiger partial charge < -0.3 is 10.6 Å². The molecule has 0 radical (unpaired) electrons. The molecule has 1 rings (SSSR count). The van der Waals surface area contributed by atoms with Gasteiger partial charge in [0.2, 0.25) is 0 Å². The Hall–Kier alpha value is -1.66. The minimum absolute atomic E-state index is 0.115. The van der Waals surface area contributed by atoms with E-state index in [0.717, 1.165) is 0 Å². The van der Waals surface area contributed by atoms with Gasteiger partial charge in [0.05, 0.1) is 11.0 Å². The van der Waals surface area contributed by atoms with Crippen molar-refractivity contribution < 1.29 is 13.2 Å². The van der Waals surface area contributed by atoms with Gasteiger partial charge in [-0.3, -0.25) is 4.79 Å². The minimum atomic E-state index is -3.01. The molecule has 0 aromatic heterocycles. The maximum Gasteiger partial charge on any atom is 0.251 e. The van der Waals surface area contributed by atoms with Gasteiger partial charge in [-0.1, -0.05) is 30.4 Å². The number of carbonyl (C=O) groups excluding carboxylic acids is 1. The average Bonchev–Trinajstić information content (AvgIpc) is 2.41. The molecule has 1 aliphatic carbocycles. The van der Waals surface area contributed by atoms with E-state index in [2.05, 4.69) is 10.6 Å². The lowest BCUT2D eigenvalue weighted by Gasteiger charge is -2.09. The highest BCUT2D eigenvalue weighted by atomic mass is 32.2. The van der Waals surface area contributed by atoms with Crippen molar-refractivity contribution in [1.29, 1.82) is 0 Å². The molecule has 5 nitrogen and oxygen atoms in total. The molecule has 0 spiro atoms. The number of hydrogen-bond donors (Lipinski definition) is 2. The summed E-state index contributed by atoms with van der Waals surface area (Å²) in [6.45, 7) is 4.73. The molecule has 0 saturated carbocycles. The molecule has 0 aromatic carbocycles. The Balaban J connectivity index is 2.23. The molecule has 0 atom stereocenters. The monoisotopic (exact) mass is 324 g/mol. The molecule has 0 unspecified atom stereocenters. The smallest absolute Gasteiger partial charge is 0.251 e. The van der Waals surface area contributed by atoms with Gasteiger partial charge in [0.25, 0.3) is 5.91 Å². The Morgan fingerprint density at radius 1 is 1.05 bits per heavy atom. The summed E-state index contributed by atoms with van der Waals surface area (Å²) in [5.41, 5.74) is 0.586. The van der Waals surface area contributed by atoms with Crippen molar-refractivity contribution in [3.05, 3.63) is 48.1 Å². The summed E-state index contributed by atoms with van der Waals surface area (Å²) in [7, 11) is -3.01. The van der Waals surface area contributed by atoms with Crippen LogP contribution in [0, 0.1) is 0 Å². The van der Waals surface area contributed by atoms with Gasteiger partial charge in [-0.15, -0.1) is 0 Å². The van der Waals surface area contributed by atoms with Crippen molar-refractivity contribution in [2.45, 2.75) is 19.1 Å². The number of rotatable bonds is 8. The van der Waals surface area contributed by atoms with E-state index in [1.54, 1.807) is 26.0 Å². The molecule has 6 heteroatoms. The minimum Gasteiger partial charge on any atom is -0.351 e. The highest BCUT2D eigenvalue weighted by molar-refractivity contribution is 7.92. The van der Waals surface area contributed by atoms with Crippen LogP contribution in [-0.2, 0) is 14.6 Å². The van der Waals surface area contributed by atoms with Crippen LogP contribution in [0.1, 0.15) is 13.8 Å². The fraction of sp³-hybridized carbons (Fsp3) is 0.438. The molecule has 0 bridgehead atoms. The molecule has 122 valence electrons. The highest BCUT2D eigenvalue weighted by Crippen LogP contribution is 2.01. The summed E-state index contributed by atoms with van der Waals surface area (Å²) in [6, 6.07) is 0. The maximum absolute atomic E-state index is 11.9. The molecule has 1 aliphatic rings. The van der Waals surface area contributed by atoms with E-state index in [1.807, 2.05) is 30.4 Å². The van der Waals surface area contributed by atoms with Crippen molar-refractivity contribution in [3.63, 3.8) is 0 Å². The Labute approximate surface area is 132 Å². The van der Waals surface area contributed by atoms with Crippen LogP contribution in [0.4, 0.5) is 0 Å². The van der Waals surface area contributed by atoms with Gasteiger partial charge in [0.15, 0.2) is 9.84 Å². The number of nitrogens with one attached hydrogen (secondary N) is 2. The number of allylic oxidation sites excluding steroid dienone is 6. The van der Waals surface area contributed by atoms with Crippen LogP contribution in [0.15, 0.2) is 48.1 Å². The fourth-order valence-corrected chi connectivity index (χ4v) is 2.56. The number of carbonyl (C=O) groups is 1. The van der Waals surface area contributed by atoms with Crippen LogP contribution in [0.3, 0.4) is 0 Å². The first-order valence-electron chi connectivity index (χ1n) is 7.35. The third-order valence-corrected chi connectivity index (χ3v) is 5.34. The zero-order chi connectivity index (χ0) is 16.4. The Morgan fingerprint density at radius 3 is 2.45 bits per heavy atom. The normalized spacial score (nSPS) is 17.5. The Morgan fingerprint density at radius 2 is 1.73 bits per heavy atom. The van der Waals surface area contributed by atoms with Gasteiger partial charge in [0, 0.05) is 25.2 Å². The van der Waals surface area contributed by atoms with E-state index in [0.29, 0.717) is 25.2 Å². The first-order chi connectivity index (χ1) is 10.4. The summed E-state index contributed by atoms with van der Waals surface area (Å²) in [5.74, 6) is -0.0308. The zero-order valence-electron chi connectivity index (χ0n) is 13.1. The topological polar surface area (TPSA) is 75.3 Å². The van der Waals surface area contributed by atoms with Crippen molar-refractivity contribution in [1.82, 2.24) is 10.6 Å². The van der Waals surface area contributed by atoms with Crippen LogP contribution >= 0.6 is 0 Å². The molecular formula is C16H24N2O3S. The largest absolute Gasteiger partial charge is 0.351 e. The third-order valence-electron chi connectivity index (χ3n) is 3.13. The Kier molecular flexibility index (Phi) is 7.84. The lowest BCUT2D eigenvalue weighted by atomic mass is 10.1. The van der Waals surface area contributed by atoms with Crippen molar-refractivity contribution in [2.75, 3.05) is 25.4 Å². The second-order valence-corrected chi connectivity index (χ2v) is 7.85. The molecule has 0 saturated heterocycles. The van der Waals surface area contributed by atoms with Crippen LogP contribution in [0.25, 0.3) is 0 Å². The van der Waals surface area contributed by atoms with E-state index in [9.17, 15) is 13.2 Å². The third kappa shape index (κ3) is 6.87. The van der Waals surface area contributed by atoms with Crippen LogP contribution in [-0.4, -0.2) is 45.0 Å². The van der Waals surface area contributed by atoms with Gasteiger partial charge in [0.1, 0.15) is 0 Å². The van der Waals surface area contributed by atoms with Crippen molar-refractivity contribution in [3.8, 4) is 0 Å². The van der Waals surface area contributed by atoms with Gasteiger partial charge in [-0.2, -0.15) is 0 Å². The second kappa shape index (κ2) is 9.38. The van der Waals surface area contributed by atoms with Crippen LogP contribution < -0.4 is 10.6 Å². The number of hydrogen-bond acceptors (Lipinski definition) is 4. The predicted molar refractivity (Wildman–Crippen MR) is 90.3 cm³/mol. The first kappa shape index (κ1) is 18.4. The SMILES string of the molecule is CC(C)S(=O)(=O)CCNCCNC(=O)C1=C/C=C\C=C/C=C1. The molecule has 22 heavy (non-hydrogen) atoms. The predicted octanol–water partition coefficient (Wildman–Crippen LogP) is 1.12. The summed E-state index contributed by atoms with van der Waals surface area (Å²) in [6.07, 6.45) is 12.7. The molecule has 2 N–H and O–H groups in total. The molecule has 0 fully saturated rings. The van der Waals surface area contributed by atoms with Gasteiger partial charge in [-0.25, -0.2) is 8.42 Å². The summed E-state index contributed by atoms with van der Waals surface area (Å²) in [5, 5.41) is 5.46. The maximum atomic E-state index is 11.9. The van der Waals surface area contributed by atoms with Crippen LogP contribution in [0.2, 0.25) is 0 Å². The molecule has 0 aliphatic heterocycles. The standard InChI is InChI=1S/C16H24N2O3S/c1-14(2)22(20,21)13-12-17-10-11-18-16(19)15-8-6-4-3-5-7-9-15/h3-9,14,17H,10-13H2,1-2H3,(H,18,19)/b4-3-,5-3?,6-4?,7-5-,8-6?,9-7?,15-8?,15-9?. The number of amides is 1. The zero-order valence-corrected chi connectivity index (χ0v) is 13.9. The van der Waals surface area contributed by atoms with E-state index in [4.69, 9.17) is 0 Å². The average molecular weight is 324 g/mol. The quantitative estimate of drug-likeness (QED) is 0.656. The summed E-state index contributed by atoms with van der Waals surface area (Å²) in [4.78, 5) is 11.9. The van der Waals surface area contributed by atoms with Crippen molar-refractivity contribution in [2.24, 2.45) is 0 Å². The molecular weight excluding hydrogens is 300 g/mol. The summed E-state index contributed by atoms with van der Waals surface area (Å²) < 4.78 is 23.2. The van der Waals surface area contributed by atoms with E-state index >= 15 is 0 Å².